The third-order valence-electron chi connectivity index (χ3n) is 3.17. The molecule has 0 aromatic rings. The van der Waals surface area contributed by atoms with Gasteiger partial charge < -0.3 is 0 Å². The van der Waals surface area contributed by atoms with E-state index in [4.69, 9.17) is 12.2 Å². The zero-order valence-corrected chi connectivity index (χ0v) is 9.95. The summed E-state index contributed by atoms with van der Waals surface area (Å²) in [6.45, 7) is 2.11. The number of hydrogen-bond donors (Lipinski definition) is 0. The van der Waals surface area contributed by atoms with Gasteiger partial charge in [0.05, 0.1) is 0 Å². The second-order valence-corrected chi connectivity index (χ2v) is 6.94. The lowest BCUT2D eigenvalue weighted by atomic mass is 9.91. The monoisotopic (exact) mass is 182 g/mol. The molecule has 0 spiro atoms. The minimum Gasteiger partial charge on any atom is -0.0897 e. The molecule has 0 aromatic carbocycles. The van der Waals surface area contributed by atoms with Crippen molar-refractivity contribution in [2.45, 2.75) is 24.8 Å². The first kappa shape index (κ1) is 7.68. The van der Waals surface area contributed by atoms with Crippen LogP contribution in [0.15, 0.2) is 12.2 Å². The predicted octanol–water partition coefficient (Wildman–Crippen LogP) is 1.50. The van der Waals surface area contributed by atoms with E-state index in [0.29, 0.717) is 5.04 Å². The van der Waals surface area contributed by atoms with E-state index in [1.54, 1.807) is 0 Å². The lowest BCUT2D eigenvalue weighted by Crippen LogP contribution is -2.15. The maximum absolute atomic E-state index is 5.25. The Kier molecular flexibility index (Phi) is 1.58. The molecule has 0 heterocycles. The third kappa shape index (κ3) is 1.13. The number of hydrogen-bond acceptors (Lipinski definition) is 1. The predicted molar refractivity (Wildman–Crippen MR) is 56.3 cm³/mol. The molecule has 0 nitrogen and oxygen atoms in total. The van der Waals surface area contributed by atoms with E-state index in [9.17, 15) is 0 Å². The summed E-state index contributed by atoms with van der Waals surface area (Å²) >= 11 is 5.25. The summed E-state index contributed by atoms with van der Waals surface area (Å²) in [7, 11) is 1.31. The van der Waals surface area contributed by atoms with Crippen molar-refractivity contribution in [2.24, 2.45) is 11.8 Å². The Morgan fingerprint density at radius 3 is 2.64 bits per heavy atom. The van der Waals surface area contributed by atoms with Gasteiger partial charge in [0.15, 0.2) is 0 Å². The largest absolute Gasteiger partial charge is 0.0897 e. The maximum Gasteiger partial charge on any atom is 0.0155 e. The molecule has 0 radical (unpaired) electrons. The molecule has 2 rings (SSSR count). The van der Waals surface area contributed by atoms with Crippen LogP contribution in [0.4, 0.5) is 0 Å². The summed E-state index contributed by atoms with van der Waals surface area (Å²) in [6, 6.07) is 0. The van der Waals surface area contributed by atoms with Gasteiger partial charge in [-0.25, -0.2) is 0 Å². The van der Waals surface area contributed by atoms with Crippen LogP contribution in [0.1, 0.15) is 19.8 Å². The fourth-order valence-electron chi connectivity index (χ4n) is 2.56. The smallest absolute Gasteiger partial charge is 0.0155 e. The van der Waals surface area contributed by atoms with Crippen molar-refractivity contribution in [1.29, 1.82) is 0 Å². The highest BCUT2D eigenvalue weighted by atomic mass is 32.1. The van der Waals surface area contributed by atoms with Crippen molar-refractivity contribution < 1.29 is 0 Å². The summed E-state index contributed by atoms with van der Waals surface area (Å²) < 4.78 is 0. The molecule has 60 valence electrons. The highest BCUT2D eigenvalue weighted by molar-refractivity contribution is 7.80. The minimum absolute atomic E-state index is 0.634. The van der Waals surface area contributed by atoms with Gasteiger partial charge in [-0.1, -0.05) is 24.4 Å². The standard InChI is InChI=1S/C9H14SSi/c1-6(10)8-5-9(11)3-2-7(8)4-9/h2-3,7-8H,4-5H2,1,11H3. The van der Waals surface area contributed by atoms with Gasteiger partial charge in [0, 0.05) is 10.2 Å². The Balaban J connectivity index is 2.23. The van der Waals surface area contributed by atoms with Crippen LogP contribution < -0.4 is 0 Å². The third-order valence-corrected chi connectivity index (χ3v) is 4.63. The van der Waals surface area contributed by atoms with Crippen LogP contribution in [0.5, 0.6) is 0 Å². The van der Waals surface area contributed by atoms with Crippen LogP contribution >= 0.6 is 12.2 Å². The van der Waals surface area contributed by atoms with Crippen molar-refractivity contribution >= 4 is 27.3 Å². The molecule has 0 aliphatic heterocycles. The molecule has 2 heteroatoms. The van der Waals surface area contributed by atoms with Crippen LogP contribution in [-0.4, -0.2) is 15.1 Å². The Morgan fingerprint density at radius 1 is 1.64 bits per heavy atom. The Hall–Kier alpha value is 0.0469. The van der Waals surface area contributed by atoms with Crippen molar-refractivity contribution in [1.82, 2.24) is 0 Å². The molecule has 1 fully saturated rings. The number of rotatable bonds is 1. The van der Waals surface area contributed by atoms with Crippen LogP contribution in [0.25, 0.3) is 0 Å². The fraction of sp³-hybridized carbons (Fsp3) is 0.667. The van der Waals surface area contributed by atoms with Gasteiger partial charge in [0.1, 0.15) is 0 Å². The molecule has 2 aliphatic rings. The molecule has 2 bridgehead atoms. The summed E-state index contributed by atoms with van der Waals surface area (Å²) in [5, 5.41) is 0.634. The molecular weight excluding hydrogens is 168 g/mol. The molecule has 0 saturated heterocycles. The van der Waals surface area contributed by atoms with E-state index in [0.717, 1.165) is 11.8 Å². The van der Waals surface area contributed by atoms with Crippen LogP contribution in [0.3, 0.4) is 0 Å². The Morgan fingerprint density at radius 2 is 2.36 bits per heavy atom. The Labute approximate surface area is 76.5 Å². The van der Waals surface area contributed by atoms with E-state index in [-0.39, 0.29) is 0 Å². The van der Waals surface area contributed by atoms with Crippen LogP contribution in [0, 0.1) is 11.8 Å². The topological polar surface area (TPSA) is 0 Å². The maximum atomic E-state index is 5.25. The van der Waals surface area contributed by atoms with Gasteiger partial charge in [-0.3, -0.25) is 0 Å². The molecule has 0 amide bonds. The van der Waals surface area contributed by atoms with E-state index >= 15 is 0 Å². The van der Waals surface area contributed by atoms with Gasteiger partial charge in [0.2, 0.25) is 0 Å². The van der Waals surface area contributed by atoms with Crippen LogP contribution in [0.2, 0.25) is 5.04 Å². The van der Waals surface area contributed by atoms with E-state index < -0.39 is 0 Å². The normalized spacial score (nSPS) is 47.0. The van der Waals surface area contributed by atoms with Gasteiger partial charge in [0.25, 0.3) is 0 Å². The summed E-state index contributed by atoms with van der Waals surface area (Å²) in [5.41, 5.74) is 0. The zero-order valence-electron chi connectivity index (χ0n) is 7.13. The number of fused-ring (bicyclic) bond motifs is 2. The molecular formula is C9H14SSi. The Bertz CT molecular complexity index is 234. The first-order valence-corrected chi connectivity index (χ1v) is 5.71. The number of thiocarbonyl (C=S) groups is 1. The summed E-state index contributed by atoms with van der Waals surface area (Å²) in [4.78, 5) is 1.23. The van der Waals surface area contributed by atoms with Crippen LogP contribution in [-0.2, 0) is 0 Å². The van der Waals surface area contributed by atoms with Gasteiger partial charge in [-0.05, 0) is 41.5 Å². The van der Waals surface area contributed by atoms with Crippen molar-refractivity contribution in [3.63, 3.8) is 0 Å². The molecule has 11 heavy (non-hydrogen) atoms. The second-order valence-electron chi connectivity index (χ2n) is 4.30. The fourth-order valence-corrected chi connectivity index (χ4v) is 3.92. The molecule has 3 atom stereocenters. The lowest BCUT2D eigenvalue weighted by molar-refractivity contribution is 0.590. The van der Waals surface area contributed by atoms with E-state index in [1.165, 1.54) is 27.9 Å². The quantitative estimate of drug-likeness (QED) is 0.336. The first-order chi connectivity index (χ1) is 5.11. The second kappa shape index (κ2) is 2.27. The summed E-state index contributed by atoms with van der Waals surface area (Å²) in [5.74, 6) is 1.55. The summed E-state index contributed by atoms with van der Waals surface area (Å²) in [6.07, 6.45) is 7.60. The molecule has 3 unspecified atom stereocenters. The van der Waals surface area contributed by atoms with Gasteiger partial charge in [-0.2, -0.15) is 0 Å². The van der Waals surface area contributed by atoms with E-state index in [2.05, 4.69) is 19.1 Å². The lowest BCUT2D eigenvalue weighted by Gasteiger charge is -2.20. The SMILES string of the molecule is CC(=S)C1CC2([SiH3])C=CC1C2. The highest BCUT2D eigenvalue weighted by Crippen LogP contribution is 2.55. The van der Waals surface area contributed by atoms with Crippen molar-refractivity contribution in [3.05, 3.63) is 12.2 Å². The highest BCUT2D eigenvalue weighted by Gasteiger charge is 2.43. The molecule has 0 aromatic heterocycles. The zero-order chi connectivity index (χ0) is 8.06. The van der Waals surface area contributed by atoms with Crippen molar-refractivity contribution in [3.8, 4) is 0 Å². The van der Waals surface area contributed by atoms with E-state index in [1.807, 2.05) is 0 Å². The minimum atomic E-state index is 0.634. The van der Waals surface area contributed by atoms with Crippen molar-refractivity contribution in [2.75, 3.05) is 0 Å². The van der Waals surface area contributed by atoms with Gasteiger partial charge >= 0.3 is 0 Å². The first-order valence-electron chi connectivity index (χ1n) is 4.31. The average molecular weight is 182 g/mol. The number of allylic oxidation sites excluding steroid dienone is 2. The van der Waals surface area contributed by atoms with Gasteiger partial charge in [-0.15, -0.1) is 0 Å². The molecule has 0 N–H and O–H groups in total. The molecule has 2 aliphatic carbocycles. The molecule has 1 saturated carbocycles. The average Bonchev–Trinajstić information content (AvgIpc) is 2.41.